The van der Waals surface area contributed by atoms with Gasteiger partial charge in [-0.15, -0.1) is 0 Å². The third-order valence-electron chi connectivity index (χ3n) is 6.83. The number of ether oxygens (including phenoxy) is 2. The van der Waals surface area contributed by atoms with Crippen molar-refractivity contribution in [1.29, 1.82) is 0 Å². The summed E-state index contributed by atoms with van der Waals surface area (Å²) in [6.45, 7) is 5.25. The number of hydrogen-bond acceptors (Lipinski definition) is 6. The van der Waals surface area contributed by atoms with E-state index in [2.05, 4.69) is 43.9 Å². The SMILES string of the molecule is Cc1cc(C2OC=CN2c2cc3cn(C4CCCC4)nc3cc2N2CCOCC2)ccn1. The van der Waals surface area contributed by atoms with E-state index in [9.17, 15) is 0 Å². The topological polar surface area (TPSA) is 55.7 Å². The average molecular weight is 432 g/mol. The highest BCUT2D eigenvalue weighted by Crippen LogP contribution is 2.41. The van der Waals surface area contributed by atoms with Crippen molar-refractivity contribution in [2.45, 2.75) is 44.9 Å². The van der Waals surface area contributed by atoms with Crippen molar-refractivity contribution in [3.63, 3.8) is 0 Å². The molecule has 2 aromatic heterocycles. The van der Waals surface area contributed by atoms with Crippen LogP contribution < -0.4 is 9.80 Å². The molecular formula is C25H29N5O2. The molecule has 0 spiro atoms. The molecule has 6 rings (SSSR count). The van der Waals surface area contributed by atoms with Crippen LogP contribution in [0.3, 0.4) is 0 Å². The van der Waals surface area contributed by atoms with Crippen molar-refractivity contribution in [2.75, 3.05) is 36.1 Å². The number of aromatic nitrogens is 3. The standard InChI is InChI=1S/C25H29N5O2/c1-18-14-19(6-7-26-18)25-29(10-13-32-25)24-15-20-17-30(21-4-2-3-5-21)27-22(20)16-23(24)28-8-11-31-12-9-28/h6-7,10,13-17,21,25H,2-5,8-9,11-12H2,1H3. The van der Waals surface area contributed by atoms with E-state index in [1.54, 1.807) is 6.26 Å². The fourth-order valence-electron chi connectivity index (χ4n) is 5.17. The zero-order chi connectivity index (χ0) is 21.5. The van der Waals surface area contributed by atoms with Gasteiger partial charge in [0.25, 0.3) is 0 Å². The summed E-state index contributed by atoms with van der Waals surface area (Å²) in [5.74, 6) is 0. The zero-order valence-electron chi connectivity index (χ0n) is 18.5. The molecule has 2 aliphatic heterocycles. The Hall–Kier alpha value is -3.06. The quantitative estimate of drug-likeness (QED) is 0.597. The molecule has 7 nitrogen and oxygen atoms in total. The number of hydrogen-bond donors (Lipinski definition) is 0. The largest absolute Gasteiger partial charge is 0.472 e. The van der Waals surface area contributed by atoms with Crippen LogP contribution in [0.15, 0.2) is 49.1 Å². The molecule has 0 radical (unpaired) electrons. The predicted octanol–water partition coefficient (Wildman–Crippen LogP) is 4.70. The lowest BCUT2D eigenvalue weighted by atomic mass is 10.1. The van der Waals surface area contributed by atoms with Crippen molar-refractivity contribution in [3.05, 3.63) is 60.4 Å². The predicted molar refractivity (Wildman–Crippen MR) is 125 cm³/mol. The van der Waals surface area contributed by atoms with E-state index < -0.39 is 0 Å². The molecule has 0 N–H and O–H groups in total. The van der Waals surface area contributed by atoms with Gasteiger partial charge in [0.15, 0.2) is 0 Å². The van der Waals surface area contributed by atoms with Gasteiger partial charge < -0.3 is 19.3 Å². The fourth-order valence-corrected chi connectivity index (χ4v) is 5.17. The van der Waals surface area contributed by atoms with Gasteiger partial charge in [-0.3, -0.25) is 9.67 Å². The molecule has 0 amide bonds. The van der Waals surface area contributed by atoms with Crippen molar-refractivity contribution in [1.82, 2.24) is 14.8 Å². The van der Waals surface area contributed by atoms with Gasteiger partial charge >= 0.3 is 0 Å². The van der Waals surface area contributed by atoms with Crippen LogP contribution in [-0.4, -0.2) is 41.1 Å². The first-order valence-corrected chi connectivity index (χ1v) is 11.6. The van der Waals surface area contributed by atoms with Gasteiger partial charge in [-0.2, -0.15) is 5.10 Å². The molecule has 2 fully saturated rings. The molecule has 1 aliphatic carbocycles. The van der Waals surface area contributed by atoms with Gasteiger partial charge in [0.1, 0.15) is 6.26 Å². The van der Waals surface area contributed by atoms with E-state index in [0.717, 1.165) is 48.8 Å². The summed E-state index contributed by atoms with van der Waals surface area (Å²) >= 11 is 0. The molecule has 1 saturated heterocycles. The second-order valence-corrected chi connectivity index (χ2v) is 8.96. The Kier molecular flexibility index (Phi) is 4.98. The summed E-state index contributed by atoms with van der Waals surface area (Å²) < 4.78 is 13.9. The Morgan fingerprint density at radius 1 is 1.03 bits per heavy atom. The second-order valence-electron chi connectivity index (χ2n) is 8.96. The smallest absolute Gasteiger partial charge is 0.202 e. The van der Waals surface area contributed by atoms with E-state index in [1.165, 1.54) is 36.8 Å². The first-order chi connectivity index (χ1) is 15.8. The van der Waals surface area contributed by atoms with Gasteiger partial charge in [-0.1, -0.05) is 12.8 Å². The number of benzene rings is 1. The van der Waals surface area contributed by atoms with Gasteiger partial charge in [0.05, 0.1) is 36.1 Å². The average Bonchev–Trinajstić information content (AvgIpc) is 3.59. The van der Waals surface area contributed by atoms with Gasteiger partial charge in [-0.25, -0.2) is 0 Å². The Morgan fingerprint density at radius 3 is 2.69 bits per heavy atom. The molecule has 0 bridgehead atoms. The summed E-state index contributed by atoms with van der Waals surface area (Å²) in [4.78, 5) is 8.99. The molecule has 3 aromatic rings. The van der Waals surface area contributed by atoms with Crippen molar-refractivity contribution < 1.29 is 9.47 Å². The number of anilines is 2. The van der Waals surface area contributed by atoms with Crippen LogP contribution in [0.5, 0.6) is 0 Å². The monoisotopic (exact) mass is 431 g/mol. The molecule has 3 aliphatic rings. The fraction of sp³-hybridized carbons (Fsp3) is 0.440. The number of fused-ring (bicyclic) bond motifs is 1. The summed E-state index contributed by atoms with van der Waals surface area (Å²) in [6, 6.07) is 9.18. The molecule has 1 saturated carbocycles. The van der Waals surface area contributed by atoms with Gasteiger partial charge in [0, 0.05) is 48.3 Å². The highest BCUT2D eigenvalue weighted by Gasteiger charge is 2.29. The van der Waals surface area contributed by atoms with E-state index in [1.807, 2.05) is 25.4 Å². The molecule has 1 aromatic carbocycles. The summed E-state index contributed by atoms with van der Waals surface area (Å²) in [5, 5.41) is 6.16. The molecule has 1 unspecified atom stereocenters. The number of pyridine rings is 1. The molecule has 7 heteroatoms. The molecule has 4 heterocycles. The first-order valence-electron chi connectivity index (χ1n) is 11.6. The highest BCUT2D eigenvalue weighted by atomic mass is 16.5. The lowest BCUT2D eigenvalue weighted by molar-refractivity contribution is 0.122. The number of rotatable bonds is 4. The zero-order valence-corrected chi connectivity index (χ0v) is 18.5. The minimum Gasteiger partial charge on any atom is -0.472 e. The van der Waals surface area contributed by atoms with Crippen LogP contribution in [0, 0.1) is 6.92 Å². The molecule has 1 atom stereocenters. The molecule has 32 heavy (non-hydrogen) atoms. The normalized spacial score (nSPS) is 21.6. The van der Waals surface area contributed by atoms with Crippen LogP contribution in [0.4, 0.5) is 11.4 Å². The first kappa shape index (κ1) is 19.6. The Morgan fingerprint density at radius 2 is 1.88 bits per heavy atom. The van der Waals surface area contributed by atoms with Gasteiger partial charge in [-0.05, 0) is 44.0 Å². The highest BCUT2D eigenvalue weighted by molar-refractivity contribution is 5.91. The minimum atomic E-state index is -0.209. The van der Waals surface area contributed by atoms with Crippen LogP contribution >= 0.6 is 0 Å². The lowest BCUT2D eigenvalue weighted by Crippen LogP contribution is -2.37. The Labute approximate surface area is 188 Å². The van der Waals surface area contributed by atoms with Crippen molar-refractivity contribution in [2.24, 2.45) is 0 Å². The van der Waals surface area contributed by atoms with Gasteiger partial charge in [0.2, 0.25) is 6.23 Å². The number of morpholine rings is 1. The summed E-state index contributed by atoms with van der Waals surface area (Å²) in [6.07, 6.45) is 12.7. The number of nitrogens with zero attached hydrogens (tertiary/aromatic N) is 5. The third kappa shape index (κ3) is 3.50. The van der Waals surface area contributed by atoms with E-state index >= 15 is 0 Å². The summed E-state index contributed by atoms with van der Waals surface area (Å²) in [7, 11) is 0. The maximum Gasteiger partial charge on any atom is 0.202 e. The van der Waals surface area contributed by atoms with E-state index in [4.69, 9.17) is 14.6 Å². The second kappa shape index (κ2) is 8.13. The van der Waals surface area contributed by atoms with Crippen LogP contribution in [0.25, 0.3) is 10.9 Å². The molecule has 166 valence electrons. The van der Waals surface area contributed by atoms with E-state index in [0.29, 0.717) is 6.04 Å². The maximum atomic E-state index is 6.06. The number of aryl methyl sites for hydroxylation is 1. The van der Waals surface area contributed by atoms with Crippen LogP contribution in [0.1, 0.15) is 49.2 Å². The maximum absolute atomic E-state index is 6.06. The third-order valence-corrected chi connectivity index (χ3v) is 6.83. The van der Waals surface area contributed by atoms with Crippen LogP contribution in [0.2, 0.25) is 0 Å². The van der Waals surface area contributed by atoms with Crippen LogP contribution in [-0.2, 0) is 9.47 Å². The minimum absolute atomic E-state index is 0.209. The molecular weight excluding hydrogens is 402 g/mol. The van der Waals surface area contributed by atoms with Crippen molar-refractivity contribution >= 4 is 22.3 Å². The summed E-state index contributed by atoms with van der Waals surface area (Å²) in [5.41, 5.74) is 5.46. The Balaban J connectivity index is 1.45. The van der Waals surface area contributed by atoms with E-state index in [-0.39, 0.29) is 6.23 Å². The lowest BCUT2D eigenvalue weighted by Gasteiger charge is -2.34. The Bertz CT molecular complexity index is 1140. The van der Waals surface area contributed by atoms with Crippen molar-refractivity contribution in [3.8, 4) is 0 Å².